The van der Waals surface area contributed by atoms with E-state index in [2.05, 4.69) is 28.8 Å². The molecular weight excluding hydrogens is 255 g/mol. The van der Waals surface area contributed by atoms with Crippen LogP contribution in [0.25, 0.3) is 4.83 Å². The van der Waals surface area contributed by atoms with Crippen molar-refractivity contribution in [2.75, 3.05) is 5.32 Å². The van der Waals surface area contributed by atoms with Crippen LogP contribution in [0.15, 0.2) is 11.7 Å². The summed E-state index contributed by atoms with van der Waals surface area (Å²) in [7, 11) is 4.19. The van der Waals surface area contributed by atoms with Crippen molar-refractivity contribution in [3.05, 3.63) is 17.4 Å². The van der Waals surface area contributed by atoms with E-state index in [1.54, 1.807) is 9.78 Å². The number of amides is 1. The van der Waals surface area contributed by atoms with E-state index >= 15 is 0 Å². The number of hydrogen-bond donors (Lipinski definition) is 1. The highest BCUT2D eigenvalue weighted by Gasteiger charge is 2.24. The van der Waals surface area contributed by atoms with Gasteiger partial charge >= 0.3 is 0 Å². The summed E-state index contributed by atoms with van der Waals surface area (Å²) >= 11 is 1.33. The average Bonchev–Trinajstić information content (AvgIpc) is 2.66. The number of fused-ring (bicyclic) bond motifs is 1. The average molecular weight is 263 g/mol. The lowest BCUT2D eigenvalue weighted by molar-refractivity contribution is -0.105. The fourth-order valence-electron chi connectivity index (χ4n) is 1.22. The highest BCUT2D eigenvalue weighted by molar-refractivity contribution is 7.38. The Labute approximate surface area is 93.7 Å². The van der Waals surface area contributed by atoms with Crippen molar-refractivity contribution >= 4 is 46.9 Å². The number of carbonyl (C=O) groups is 1. The molecule has 0 saturated heterocycles. The molecule has 0 fully saturated rings. The smallest absolute Gasteiger partial charge is 0.212 e. The van der Waals surface area contributed by atoms with Gasteiger partial charge in [0.25, 0.3) is 0 Å². The lowest BCUT2D eigenvalue weighted by Gasteiger charge is -2.11. The predicted octanol–water partition coefficient (Wildman–Crippen LogP) is 1.79. The molecule has 2 atom stereocenters. The van der Waals surface area contributed by atoms with Gasteiger partial charge in [-0.25, -0.2) is 9.37 Å². The lowest BCUT2D eigenvalue weighted by Crippen LogP contribution is -2.03. The summed E-state index contributed by atoms with van der Waals surface area (Å²) in [5, 5.41) is 2.56. The van der Waals surface area contributed by atoms with Crippen LogP contribution >= 0.6 is 29.8 Å². The topological polar surface area (TPSA) is 46.4 Å². The van der Waals surface area contributed by atoms with E-state index in [0.717, 1.165) is 0 Å². The van der Waals surface area contributed by atoms with Crippen LogP contribution < -0.4 is 5.32 Å². The predicted molar refractivity (Wildman–Crippen MR) is 65.0 cm³/mol. The molecule has 0 radical (unpaired) electrons. The van der Waals surface area contributed by atoms with E-state index < -0.39 is 5.15 Å². The Morgan fingerprint density at radius 1 is 1.67 bits per heavy atom. The van der Waals surface area contributed by atoms with Crippen LogP contribution in [-0.4, -0.2) is 15.8 Å². The van der Waals surface area contributed by atoms with Crippen molar-refractivity contribution in [3.63, 3.8) is 0 Å². The molecule has 0 aliphatic rings. The summed E-state index contributed by atoms with van der Waals surface area (Å²) in [6, 6.07) is 0. The largest absolute Gasteiger partial charge is 0.311 e. The van der Waals surface area contributed by atoms with E-state index in [-0.39, 0.29) is 0 Å². The number of anilines is 1. The molecule has 2 rings (SSSR count). The van der Waals surface area contributed by atoms with Gasteiger partial charge in [-0.2, -0.15) is 0 Å². The molecule has 0 saturated carbocycles. The molecule has 0 aromatic carbocycles. The van der Waals surface area contributed by atoms with Crippen molar-refractivity contribution in [1.82, 2.24) is 9.38 Å². The van der Waals surface area contributed by atoms with Gasteiger partial charge in [0.1, 0.15) is 11.2 Å². The molecule has 0 spiro atoms. The summed E-state index contributed by atoms with van der Waals surface area (Å²) in [6.45, 7) is 0. The molecule has 2 heterocycles. The number of halogens is 1. The number of aromatic nitrogens is 2. The minimum Gasteiger partial charge on any atom is -0.311 e. The lowest BCUT2D eigenvalue weighted by atomic mass is 10.5. The number of hydrogen-bond acceptors (Lipinski definition) is 3. The zero-order valence-corrected chi connectivity index (χ0v) is 10.6. The van der Waals surface area contributed by atoms with Gasteiger partial charge in [-0.15, -0.1) is 11.3 Å². The van der Waals surface area contributed by atoms with Crippen LogP contribution in [0.3, 0.4) is 0 Å². The zero-order chi connectivity index (χ0) is 11.1. The molecule has 80 valence electrons. The van der Waals surface area contributed by atoms with Gasteiger partial charge in [0.2, 0.25) is 6.41 Å². The Hall–Kier alpha value is -0.570. The summed E-state index contributed by atoms with van der Waals surface area (Å²) in [5.41, 5.74) is 0.462. The standard InChI is InChI=1S/C7H8FN3OP2S/c8-7(13,14)4-1-15-6-5(10-3-12)9-2-11(4)6/h1-3H,13-14H2,(H,10,12). The van der Waals surface area contributed by atoms with Crippen LogP contribution in [0, 0.1) is 0 Å². The molecule has 1 N–H and O–H groups in total. The van der Waals surface area contributed by atoms with Gasteiger partial charge in [0.05, 0.1) is 5.69 Å². The number of alkyl halides is 1. The van der Waals surface area contributed by atoms with Crippen LogP contribution in [0.2, 0.25) is 0 Å². The molecule has 1 amide bonds. The Morgan fingerprint density at radius 2 is 2.40 bits per heavy atom. The fraction of sp³-hybridized carbons (Fsp3) is 0.143. The first-order chi connectivity index (χ1) is 7.04. The summed E-state index contributed by atoms with van der Waals surface area (Å²) < 4.78 is 15.3. The minimum atomic E-state index is -1.59. The number of nitrogens with zero attached hydrogens (tertiary/aromatic N) is 2. The number of rotatable bonds is 3. The minimum absolute atomic E-state index is 0.445. The number of imidazole rings is 1. The van der Waals surface area contributed by atoms with E-state index in [0.29, 0.717) is 22.8 Å². The van der Waals surface area contributed by atoms with Gasteiger partial charge in [0.15, 0.2) is 11.0 Å². The number of nitrogens with one attached hydrogen (secondary N) is 1. The maximum Gasteiger partial charge on any atom is 0.212 e. The molecule has 2 aromatic rings. The number of thiazole rings is 1. The summed E-state index contributed by atoms with van der Waals surface area (Å²) in [6.07, 6.45) is 2.03. The Kier molecular flexibility index (Phi) is 2.75. The Morgan fingerprint density at radius 3 is 3.00 bits per heavy atom. The molecule has 0 aliphatic heterocycles. The van der Waals surface area contributed by atoms with E-state index in [1.807, 2.05) is 0 Å². The van der Waals surface area contributed by atoms with Gasteiger partial charge in [0, 0.05) is 5.38 Å². The van der Waals surface area contributed by atoms with E-state index in [9.17, 15) is 9.18 Å². The van der Waals surface area contributed by atoms with Gasteiger partial charge in [-0.1, -0.05) is 18.5 Å². The van der Waals surface area contributed by atoms with Gasteiger partial charge < -0.3 is 5.32 Å². The monoisotopic (exact) mass is 263 g/mol. The second kappa shape index (κ2) is 3.78. The second-order valence-electron chi connectivity index (χ2n) is 2.92. The Balaban J connectivity index is 2.58. The quantitative estimate of drug-likeness (QED) is 0.678. The third-order valence-electron chi connectivity index (χ3n) is 1.85. The molecule has 0 bridgehead atoms. The van der Waals surface area contributed by atoms with Crippen LogP contribution in [0.1, 0.15) is 5.69 Å². The van der Waals surface area contributed by atoms with Crippen LogP contribution in [0.5, 0.6) is 0 Å². The highest BCUT2D eigenvalue weighted by Crippen LogP contribution is 2.42. The molecule has 15 heavy (non-hydrogen) atoms. The molecule has 0 aliphatic carbocycles. The van der Waals surface area contributed by atoms with E-state index in [1.165, 1.54) is 17.7 Å². The third-order valence-corrected chi connectivity index (χ3v) is 3.40. The summed E-state index contributed by atoms with van der Waals surface area (Å²) in [5.74, 6) is 0.445. The van der Waals surface area contributed by atoms with Crippen molar-refractivity contribution in [3.8, 4) is 0 Å². The molecule has 4 nitrogen and oxygen atoms in total. The van der Waals surface area contributed by atoms with Gasteiger partial charge in [-0.05, 0) is 0 Å². The van der Waals surface area contributed by atoms with Crippen molar-refractivity contribution in [2.45, 2.75) is 5.15 Å². The normalized spacial score (nSPS) is 11.9. The Bertz CT molecular complexity index is 504. The fourth-order valence-corrected chi connectivity index (χ4v) is 2.91. The first kappa shape index (κ1) is 10.9. The van der Waals surface area contributed by atoms with Crippen LogP contribution in [0.4, 0.5) is 10.2 Å². The van der Waals surface area contributed by atoms with Crippen molar-refractivity contribution < 1.29 is 9.18 Å². The third kappa shape index (κ3) is 1.89. The SMILES string of the molecule is O=CNc1ncn2c(C(F)(P)P)csc12. The van der Waals surface area contributed by atoms with E-state index in [4.69, 9.17) is 0 Å². The maximum absolute atomic E-state index is 13.7. The van der Waals surface area contributed by atoms with Crippen molar-refractivity contribution in [2.24, 2.45) is 0 Å². The molecule has 2 unspecified atom stereocenters. The second-order valence-corrected chi connectivity index (χ2v) is 6.12. The first-order valence-electron chi connectivity index (χ1n) is 3.96. The zero-order valence-electron chi connectivity index (χ0n) is 7.48. The molecule has 8 heteroatoms. The first-order valence-corrected chi connectivity index (χ1v) is 5.99. The molecule has 2 aromatic heterocycles. The van der Waals surface area contributed by atoms with Crippen LogP contribution in [-0.2, 0) is 9.95 Å². The van der Waals surface area contributed by atoms with Gasteiger partial charge in [-0.3, -0.25) is 9.20 Å². The number of carbonyl (C=O) groups excluding carboxylic acids is 1. The van der Waals surface area contributed by atoms with Crippen molar-refractivity contribution in [1.29, 1.82) is 0 Å². The highest BCUT2D eigenvalue weighted by atomic mass is 32.1. The maximum atomic E-state index is 13.7. The summed E-state index contributed by atoms with van der Waals surface area (Å²) in [4.78, 5) is 15.0. The molecular formula is C7H8FN3OP2S.